The van der Waals surface area contributed by atoms with Gasteiger partial charge in [-0.05, 0) is 38.5 Å². The van der Waals surface area contributed by atoms with E-state index in [4.69, 9.17) is 10.5 Å². The fraction of sp³-hybridized carbons (Fsp3) is 0.929. The molecule has 0 saturated heterocycles. The maximum Gasteiger partial charge on any atom is 0.313 e. The lowest BCUT2D eigenvalue weighted by molar-refractivity contribution is -0.162. The summed E-state index contributed by atoms with van der Waals surface area (Å²) in [6.07, 6.45) is 8.65. The van der Waals surface area contributed by atoms with E-state index in [2.05, 4.69) is 0 Å². The molecule has 0 bridgehead atoms. The molecule has 0 aromatic heterocycles. The maximum atomic E-state index is 12.2. The summed E-state index contributed by atoms with van der Waals surface area (Å²) >= 11 is 0. The van der Waals surface area contributed by atoms with Crippen molar-refractivity contribution in [3.05, 3.63) is 0 Å². The molecule has 0 radical (unpaired) electrons. The van der Waals surface area contributed by atoms with Gasteiger partial charge in [0, 0.05) is 6.54 Å². The largest absolute Gasteiger partial charge is 0.462 e. The van der Waals surface area contributed by atoms with Crippen molar-refractivity contribution in [1.82, 2.24) is 0 Å². The van der Waals surface area contributed by atoms with Crippen molar-refractivity contribution in [3.63, 3.8) is 0 Å². The molecule has 0 unspecified atom stereocenters. The van der Waals surface area contributed by atoms with Gasteiger partial charge in [0.05, 0.1) is 5.41 Å². The van der Waals surface area contributed by atoms with Crippen molar-refractivity contribution < 1.29 is 9.53 Å². The van der Waals surface area contributed by atoms with Crippen LogP contribution in [-0.2, 0) is 9.53 Å². The highest BCUT2D eigenvalue weighted by Gasteiger charge is 2.36. The second kappa shape index (κ2) is 7.00. The Hall–Kier alpha value is -0.570. The smallest absolute Gasteiger partial charge is 0.313 e. The van der Waals surface area contributed by atoms with Gasteiger partial charge >= 0.3 is 5.97 Å². The summed E-state index contributed by atoms with van der Waals surface area (Å²) in [5.41, 5.74) is 5.31. The summed E-state index contributed by atoms with van der Waals surface area (Å²) in [5, 5.41) is 0. The molecule has 0 aromatic carbocycles. The van der Waals surface area contributed by atoms with Gasteiger partial charge in [-0.1, -0.05) is 26.7 Å². The number of carbonyl (C=O) groups excluding carboxylic acids is 1. The van der Waals surface area contributed by atoms with Crippen LogP contribution < -0.4 is 5.73 Å². The number of hydrogen-bond donors (Lipinski definition) is 1. The molecule has 0 heterocycles. The minimum absolute atomic E-state index is 0.0723. The zero-order valence-corrected chi connectivity index (χ0v) is 11.3. The molecule has 0 aliphatic heterocycles. The van der Waals surface area contributed by atoms with E-state index in [1.807, 2.05) is 13.8 Å². The first kappa shape index (κ1) is 14.5. The number of ether oxygens (including phenoxy) is 1. The van der Waals surface area contributed by atoms with Crippen molar-refractivity contribution >= 4 is 5.97 Å². The van der Waals surface area contributed by atoms with Crippen LogP contribution in [0.1, 0.15) is 65.2 Å². The lowest BCUT2D eigenvalue weighted by Crippen LogP contribution is -2.40. The van der Waals surface area contributed by atoms with E-state index in [1.165, 1.54) is 25.7 Å². The van der Waals surface area contributed by atoms with Crippen LogP contribution >= 0.6 is 0 Å². The topological polar surface area (TPSA) is 52.3 Å². The van der Waals surface area contributed by atoms with Crippen molar-refractivity contribution in [2.75, 3.05) is 6.54 Å². The van der Waals surface area contributed by atoms with Crippen LogP contribution in [0.5, 0.6) is 0 Å². The summed E-state index contributed by atoms with van der Waals surface area (Å²) in [5.74, 6) is -0.0723. The van der Waals surface area contributed by atoms with Gasteiger partial charge in [0.1, 0.15) is 6.10 Å². The van der Waals surface area contributed by atoms with Crippen LogP contribution in [-0.4, -0.2) is 18.6 Å². The van der Waals surface area contributed by atoms with Crippen molar-refractivity contribution in [3.8, 4) is 0 Å². The van der Waals surface area contributed by atoms with Gasteiger partial charge in [-0.25, -0.2) is 0 Å². The van der Waals surface area contributed by atoms with Gasteiger partial charge in [-0.15, -0.1) is 0 Å². The van der Waals surface area contributed by atoms with Gasteiger partial charge < -0.3 is 10.5 Å². The van der Waals surface area contributed by atoms with E-state index in [0.29, 0.717) is 6.54 Å². The average molecular weight is 241 g/mol. The third-order valence-corrected chi connectivity index (χ3v) is 4.25. The molecule has 0 aromatic rings. The Kier molecular flexibility index (Phi) is 5.96. The minimum atomic E-state index is -0.452. The molecular weight excluding hydrogens is 214 g/mol. The molecule has 1 rings (SSSR count). The summed E-state index contributed by atoms with van der Waals surface area (Å²) < 4.78 is 5.69. The van der Waals surface area contributed by atoms with Crippen LogP contribution in [0.3, 0.4) is 0 Å². The van der Waals surface area contributed by atoms with Crippen LogP contribution in [0, 0.1) is 5.41 Å². The molecule has 3 heteroatoms. The summed E-state index contributed by atoms with van der Waals surface area (Å²) in [7, 11) is 0. The van der Waals surface area contributed by atoms with Crippen molar-refractivity contribution in [2.24, 2.45) is 11.1 Å². The normalized spacial score (nSPS) is 18.8. The lowest BCUT2D eigenvalue weighted by atomic mass is 9.82. The van der Waals surface area contributed by atoms with Gasteiger partial charge in [0.15, 0.2) is 0 Å². The SMILES string of the molecule is CCC(CC)(CN)C(=O)OC1CCCCCC1. The summed E-state index contributed by atoms with van der Waals surface area (Å²) in [6.45, 7) is 4.43. The van der Waals surface area contributed by atoms with Gasteiger partial charge in [0.25, 0.3) is 0 Å². The van der Waals surface area contributed by atoms with E-state index in [-0.39, 0.29) is 12.1 Å². The fourth-order valence-corrected chi connectivity index (χ4v) is 2.55. The van der Waals surface area contributed by atoms with Gasteiger partial charge in [-0.2, -0.15) is 0 Å². The number of nitrogens with two attached hydrogens (primary N) is 1. The Balaban J connectivity index is 2.56. The Morgan fingerprint density at radius 2 is 1.71 bits per heavy atom. The molecule has 0 atom stereocenters. The zero-order chi connectivity index (χ0) is 12.7. The van der Waals surface area contributed by atoms with Gasteiger partial charge in [0.2, 0.25) is 0 Å². The number of rotatable bonds is 5. The second-order valence-electron chi connectivity index (χ2n) is 5.21. The first-order chi connectivity index (χ1) is 8.18. The first-order valence-corrected chi connectivity index (χ1v) is 7.09. The predicted molar refractivity (Wildman–Crippen MR) is 69.7 cm³/mol. The maximum absolute atomic E-state index is 12.2. The first-order valence-electron chi connectivity index (χ1n) is 7.09. The van der Waals surface area contributed by atoms with Crippen LogP contribution in [0.15, 0.2) is 0 Å². The Labute approximate surface area is 105 Å². The van der Waals surface area contributed by atoms with Crippen molar-refractivity contribution in [1.29, 1.82) is 0 Å². The molecule has 2 N–H and O–H groups in total. The Morgan fingerprint density at radius 1 is 1.18 bits per heavy atom. The summed E-state index contributed by atoms with van der Waals surface area (Å²) in [4.78, 5) is 12.2. The predicted octanol–water partition coefficient (Wildman–Crippen LogP) is 3.02. The molecule has 3 nitrogen and oxygen atoms in total. The molecule has 0 spiro atoms. The highest BCUT2D eigenvalue weighted by atomic mass is 16.5. The molecule has 1 saturated carbocycles. The van der Waals surface area contributed by atoms with Crippen LogP contribution in [0.4, 0.5) is 0 Å². The second-order valence-corrected chi connectivity index (χ2v) is 5.21. The monoisotopic (exact) mass is 241 g/mol. The Bertz CT molecular complexity index is 220. The van der Waals surface area contributed by atoms with E-state index >= 15 is 0 Å². The van der Waals surface area contributed by atoms with Crippen LogP contribution in [0.2, 0.25) is 0 Å². The quantitative estimate of drug-likeness (QED) is 0.594. The number of hydrogen-bond acceptors (Lipinski definition) is 3. The van der Waals surface area contributed by atoms with E-state index < -0.39 is 5.41 Å². The highest BCUT2D eigenvalue weighted by Crippen LogP contribution is 2.29. The molecule has 1 fully saturated rings. The minimum Gasteiger partial charge on any atom is -0.462 e. The van der Waals surface area contributed by atoms with Gasteiger partial charge in [-0.3, -0.25) is 4.79 Å². The average Bonchev–Trinajstić information content (AvgIpc) is 2.61. The standard InChI is InChI=1S/C14H27NO2/c1-3-14(4-2,11-15)13(16)17-12-9-7-5-6-8-10-12/h12H,3-11,15H2,1-2H3. The van der Waals surface area contributed by atoms with E-state index in [0.717, 1.165) is 25.7 Å². The van der Waals surface area contributed by atoms with E-state index in [9.17, 15) is 4.79 Å². The zero-order valence-electron chi connectivity index (χ0n) is 11.3. The Morgan fingerprint density at radius 3 is 2.12 bits per heavy atom. The molecule has 0 amide bonds. The van der Waals surface area contributed by atoms with E-state index in [1.54, 1.807) is 0 Å². The summed E-state index contributed by atoms with van der Waals surface area (Å²) in [6, 6.07) is 0. The highest BCUT2D eigenvalue weighted by molar-refractivity contribution is 5.77. The molecule has 100 valence electrons. The number of esters is 1. The van der Waals surface area contributed by atoms with Crippen LogP contribution in [0.25, 0.3) is 0 Å². The number of carbonyl (C=O) groups is 1. The molecule has 1 aliphatic carbocycles. The molecule has 17 heavy (non-hydrogen) atoms. The van der Waals surface area contributed by atoms with Crippen molar-refractivity contribution in [2.45, 2.75) is 71.3 Å². The fourth-order valence-electron chi connectivity index (χ4n) is 2.55. The third kappa shape index (κ3) is 3.70. The third-order valence-electron chi connectivity index (χ3n) is 4.25. The molecular formula is C14H27NO2. The molecule has 1 aliphatic rings. The lowest BCUT2D eigenvalue weighted by Gasteiger charge is -2.29.